The molecule has 0 aromatic heterocycles. The maximum Gasteiger partial charge on any atom is 0.303 e. The molecule has 0 amide bonds. The zero-order chi connectivity index (χ0) is 49.4. The molecule has 2 aromatic carbocycles. The van der Waals surface area contributed by atoms with Gasteiger partial charge in [0, 0.05) is 85.1 Å². The summed E-state index contributed by atoms with van der Waals surface area (Å²) in [7, 11) is 0. The van der Waals surface area contributed by atoms with Gasteiger partial charge in [-0.25, -0.2) is 0 Å². The Morgan fingerprint density at radius 3 is 1.16 bits per heavy atom. The predicted molar refractivity (Wildman–Crippen MR) is 230 cm³/mol. The Balaban J connectivity index is 1.37. The number of rotatable bonds is 10. The lowest BCUT2D eigenvalue weighted by molar-refractivity contribution is -0.243. The summed E-state index contributed by atoms with van der Waals surface area (Å²) >= 11 is 0. The van der Waals surface area contributed by atoms with Gasteiger partial charge in [-0.15, -0.1) is 0 Å². The van der Waals surface area contributed by atoms with Crippen LogP contribution in [-0.2, 0) is 95.9 Å². The quantitative estimate of drug-likeness (QED) is 0.189. The van der Waals surface area contributed by atoms with Crippen LogP contribution in [0.15, 0.2) is 36.4 Å². The summed E-state index contributed by atoms with van der Waals surface area (Å²) < 4.78 is 62.0. The Morgan fingerprint density at radius 2 is 0.824 bits per heavy atom. The lowest BCUT2D eigenvalue weighted by atomic mass is 9.72. The van der Waals surface area contributed by atoms with Gasteiger partial charge < -0.3 is 52.1 Å². The van der Waals surface area contributed by atoms with Crippen molar-refractivity contribution < 1.29 is 90.5 Å². The fraction of sp³-hybridized carbons (Fsp3) is 0.510. The summed E-state index contributed by atoms with van der Waals surface area (Å²) in [6, 6.07) is 11.4. The Morgan fingerprint density at radius 1 is 0.485 bits per heavy atom. The summed E-state index contributed by atoms with van der Waals surface area (Å²) in [6.07, 6.45) is -11.7. The second-order valence-corrected chi connectivity index (χ2v) is 16.5. The van der Waals surface area contributed by atoms with Crippen molar-refractivity contribution in [2.75, 3.05) is 26.4 Å². The van der Waals surface area contributed by atoms with Gasteiger partial charge in [0.25, 0.3) is 0 Å². The molecule has 0 saturated carbocycles. The first-order chi connectivity index (χ1) is 32.3. The molecule has 1 aliphatic carbocycles. The molecule has 0 bridgehead atoms. The second-order valence-electron chi connectivity index (χ2n) is 16.5. The maximum absolute atomic E-state index is 12.4. The molecule has 68 heavy (non-hydrogen) atoms. The van der Waals surface area contributed by atoms with Gasteiger partial charge in [0.2, 0.25) is 0 Å². The van der Waals surface area contributed by atoms with Crippen LogP contribution in [0.2, 0.25) is 0 Å². The number of carbonyl (C=O) groups is 8. The molecule has 6 rings (SSSR count). The van der Waals surface area contributed by atoms with Gasteiger partial charge in [-0.3, -0.25) is 38.4 Å². The Hall–Kier alpha value is -6.80. The van der Waals surface area contributed by atoms with Crippen molar-refractivity contribution in [1.29, 1.82) is 0 Å². The Kier molecular flexibility index (Phi) is 16.3. The van der Waals surface area contributed by atoms with Gasteiger partial charge in [-0.2, -0.15) is 0 Å². The van der Waals surface area contributed by atoms with Crippen LogP contribution >= 0.6 is 0 Å². The predicted octanol–water partition coefficient (Wildman–Crippen LogP) is 2.72. The van der Waals surface area contributed by atoms with Crippen molar-refractivity contribution in [2.24, 2.45) is 0 Å². The average molecular weight is 945 g/mol. The fourth-order valence-corrected chi connectivity index (χ4v) is 8.91. The molecule has 19 nitrogen and oxygen atoms in total. The minimum absolute atomic E-state index is 0.396. The lowest BCUT2D eigenvalue weighted by Gasteiger charge is -2.42. The number of fused-ring (bicyclic) bond motifs is 5. The minimum Gasteiger partial charge on any atom is -0.463 e. The number of ether oxygens (including phenoxy) is 11. The number of benzene rings is 2. The van der Waals surface area contributed by atoms with Gasteiger partial charge >= 0.3 is 47.8 Å². The van der Waals surface area contributed by atoms with Crippen LogP contribution in [0.1, 0.15) is 90.5 Å². The first-order valence-electron chi connectivity index (χ1n) is 21.8. The fourth-order valence-electron chi connectivity index (χ4n) is 8.91. The van der Waals surface area contributed by atoms with Gasteiger partial charge in [-0.1, -0.05) is 35.8 Å². The van der Waals surface area contributed by atoms with E-state index >= 15 is 0 Å². The standard InChI is InChI=1S/C49H52O19/c1-25(50)59-23-41-45(63-29(5)54)47(65-31(7)56)43(61-27(3)52)39(67-41)15-11-33-9-13-35-36-14-10-34(22-38(36)49(37(35)21-33)17-19-58-20-18-49)12-16-40-44(62-28(4)53)48(66-32(8)57)46(64-30(6)55)42(68-40)24-60-26(2)51/h9-10,13-14,21-22,39-48H,17-20,23-24H2,1-8H3. The van der Waals surface area contributed by atoms with Gasteiger partial charge in [0.05, 0.1) is 0 Å². The molecule has 4 aliphatic rings. The third-order valence-electron chi connectivity index (χ3n) is 11.4. The Bertz CT molecular complexity index is 2280. The molecule has 10 unspecified atom stereocenters. The molecule has 0 N–H and O–H groups in total. The van der Waals surface area contributed by atoms with Crippen LogP contribution in [0.5, 0.6) is 0 Å². The van der Waals surface area contributed by atoms with E-state index in [0.29, 0.717) is 37.2 Å². The molecule has 3 heterocycles. The van der Waals surface area contributed by atoms with E-state index in [4.69, 9.17) is 52.1 Å². The molecule has 3 aliphatic heterocycles. The third kappa shape index (κ3) is 12.0. The van der Waals surface area contributed by atoms with Crippen LogP contribution in [0.3, 0.4) is 0 Å². The van der Waals surface area contributed by atoms with Crippen LogP contribution in [0.4, 0.5) is 0 Å². The van der Waals surface area contributed by atoms with E-state index < -0.39 is 127 Å². The highest BCUT2D eigenvalue weighted by atomic mass is 16.7. The van der Waals surface area contributed by atoms with Crippen molar-refractivity contribution in [3.63, 3.8) is 0 Å². The van der Waals surface area contributed by atoms with E-state index in [0.717, 1.165) is 63.8 Å². The van der Waals surface area contributed by atoms with E-state index in [1.807, 2.05) is 36.4 Å². The number of hydrogen-bond acceptors (Lipinski definition) is 19. The highest BCUT2D eigenvalue weighted by Gasteiger charge is 2.53. The lowest BCUT2D eigenvalue weighted by Crippen LogP contribution is -2.62. The smallest absolute Gasteiger partial charge is 0.303 e. The molecule has 2 aromatic rings. The van der Waals surface area contributed by atoms with Crippen molar-refractivity contribution in [1.82, 2.24) is 0 Å². The van der Waals surface area contributed by atoms with Crippen LogP contribution < -0.4 is 0 Å². The maximum atomic E-state index is 12.4. The molecule has 3 fully saturated rings. The van der Waals surface area contributed by atoms with Crippen LogP contribution in [0.25, 0.3) is 11.1 Å². The topological polar surface area (TPSA) is 238 Å². The normalized spacial score (nSPS) is 26.3. The third-order valence-corrected chi connectivity index (χ3v) is 11.4. The number of carbonyl (C=O) groups excluding carboxylic acids is 8. The zero-order valence-corrected chi connectivity index (χ0v) is 38.7. The van der Waals surface area contributed by atoms with Gasteiger partial charge in [-0.05, 0) is 59.4 Å². The zero-order valence-electron chi connectivity index (χ0n) is 38.7. The summed E-state index contributed by atoms with van der Waals surface area (Å²) in [5, 5.41) is 0. The highest BCUT2D eigenvalue weighted by Crippen LogP contribution is 2.54. The monoisotopic (exact) mass is 944 g/mol. The summed E-state index contributed by atoms with van der Waals surface area (Å²) in [6.45, 7) is 9.32. The highest BCUT2D eigenvalue weighted by molar-refractivity contribution is 5.83. The molecule has 3 saturated heterocycles. The number of esters is 8. The van der Waals surface area contributed by atoms with Gasteiger partial charge in [0.15, 0.2) is 48.8 Å². The molecular formula is C49H52O19. The van der Waals surface area contributed by atoms with Crippen molar-refractivity contribution in [3.8, 4) is 34.8 Å². The molecule has 19 heteroatoms. The molecule has 1 spiro atoms. The Labute approximate surface area is 392 Å². The minimum atomic E-state index is -1.38. The van der Waals surface area contributed by atoms with E-state index in [2.05, 4.69) is 23.7 Å². The molecule has 10 atom stereocenters. The second kappa shape index (κ2) is 21.9. The van der Waals surface area contributed by atoms with E-state index in [1.54, 1.807) is 0 Å². The summed E-state index contributed by atoms with van der Waals surface area (Å²) in [4.78, 5) is 97.6. The molecule has 362 valence electrons. The SMILES string of the molecule is CC(=O)OCC1OC(C#Cc2ccc3c(c2)C2(CCOCC2)c2cc(C#CC4OC(COC(C)=O)C(OC(C)=O)C(OC(C)=O)C4OC(C)=O)ccc2-3)C(OC(C)=O)C(OC(C)=O)C1OC(C)=O. The first kappa shape index (κ1) is 50.6. The average Bonchev–Trinajstić information content (AvgIpc) is 3.50. The van der Waals surface area contributed by atoms with Crippen molar-refractivity contribution >= 4 is 47.8 Å². The van der Waals surface area contributed by atoms with E-state index in [1.165, 1.54) is 13.8 Å². The first-order valence-corrected chi connectivity index (χ1v) is 21.8. The largest absolute Gasteiger partial charge is 0.463 e. The van der Waals surface area contributed by atoms with E-state index in [-0.39, 0.29) is 0 Å². The van der Waals surface area contributed by atoms with Crippen LogP contribution in [-0.4, -0.2) is 135 Å². The van der Waals surface area contributed by atoms with Crippen molar-refractivity contribution in [2.45, 2.75) is 135 Å². The van der Waals surface area contributed by atoms with Crippen molar-refractivity contribution in [3.05, 3.63) is 58.7 Å². The van der Waals surface area contributed by atoms with Crippen LogP contribution in [0, 0.1) is 23.7 Å². The summed E-state index contributed by atoms with van der Waals surface area (Å²) in [5.41, 5.74) is 4.37. The number of hydrogen-bond donors (Lipinski definition) is 0. The van der Waals surface area contributed by atoms with E-state index in [9.17, 15) is 38.4 Å². The molecular weight excluding hydrogens is 893 g/mol. The van der Waals surface area contributed by atoms with Gasteiger partial charge in [0.1, 0.15) is 25.4 Å². The molecule has 0 radical (unpaired) electrons. The summed E-state index contributed by atoms with van der Waals surface area (Å²) in [5.74, 6) is 6.48.